The number of hydrogen-bond donors (Lipinski definition) is 1. The molecule has 0 radical (unpaired) electrons. The number of carboxylic acid groups (broad SMARTS) is 1. The molecular formula is C14H20O3. The van der Waals surface area contributed by atoms with Crippen molar-refractivity contribution in [2.24, 2.45) is 0 Å². The van der Waals surface area contributed by atoms with Gasteiger partial charge in [0, 0.05) is 6.42 Å². The topological polar surface area (TPSA) is 46.5 Å². The number of carboxylic acids is 1. The fourth-order valence-electron chi connectivity index (χ4n) is 1.54. The van der Waals surface area contributed by atoms with E-state index in [2.05, 4.69) is 26.0 Å². The molecule has 0 aliphatic heterocycles. The summed E-state index contributed by atoms with van der Waals surface area (Å²) in [6.45, 7) is 4.82. The molecule has 1 atom stereocenters. The van der Waals surface area contributed by atoms with Crippen LogP contribution < -0.4 is 4.74 Å². The van der Waals surface area contributed by atoms with Crippen LogP contribution in [0.15, 0.2) is 24.3 Å². The van der Waals surface area contributed by atoms with Crippen molar-refractivity contribution in [2.45, 2.75) is 39.0 Å². The maximum Gasteiger partial charge on any atom is 0.303 e. The third-order valence-electron chi connectivity index (χ3n) is 2.87. The van der Waals surface area contributed by atoms with Gasteiger partial charge in [-0.05, 0) is 36.5 Å². The molecule has 1 aromatic carbocycles. The van der Waals surface area contributed by atoms with Gasteiger partial charge < -0.3 is 9.84 Å². The molecule has 0 heterocycles. The largest absolute Gasteiger partial charge is 0.494 e. The standard InChI is InChI=1S/C14H20O3/c1-3-11(2)12-6-8-13(9-7-12)17-10-4-5-14(15)16/h6-9,11H,3-5,10H2,1-2H3,(H,15,16). The quantitative estimate of drug-likeness (QED) is 0.738. The summed E-state index contributed by atoms with van der Waals surface area (Å²) in [5.41, 5.74) is 1.31. The highest BCUT2D eigenvalue weighted by Crippen LogP contribution is 2.21. The first-order valence-electron chi connectivity index (χ1n) is 6.08. The molecule has 0 amide bonds. The second-order valence-electron chi connectivity index (χ2n) is 4.22. The Morgan fingerprint density at radius 2 is 2.00 bits per heavy atom. The number of ether oxygens (including phenoxy) is 1. The van der Waals surface area contributed by atoms with Crippen molar-refractivity contribution in [1.82, 2.24) is 0 Å². The molecule has 17 heavy (non-hydrogen) atoms. The number of hydrogen-bond acceptors (Lipinski definition) is 2. The van der Waals surface area contributed by atoms with Crippen LogP contribution in [-0.4, -0.2) is 17.7 Å². The summed E-state index contributed by atoms with van der Waals surface area (Å²) in [7, 11) is 0. The van der Waals surface area contributed by atoms with Crippen molar-refractivity contribution >= 4 is 5.97 Å². The molecule has 0 aliphatic rings. The van der Waals surface area contributed by atoms with Crippen molar-refractivity contribution in [2.75, 3.05) is 6.61 Å². The van der Waals surface area contributed by atoms with Crippen LogP contribution in [0, 0.1) is 0 Å². The highest BCUT2D eigenvalue weighted by Gasteiger charge is 2.03. The van der Waals surface area contributed by atoms with E-state index in [1.165, 1.54) is 5.56 Å². The summed E-state index contributed by atoms with van der Waals surface area (Å²) < 4.78 is 5.46. The zero-order valence-corrected chi connectivity index (χ0v) is 10.5. The van der Waals surface area contributed by atoms with E-state index < -0.39 is 5.97 Å². The SMILES string of the molecule is CCC(C)c1ccc(OCCCC(=O)O)cc1. The van der Waals surface area contributed by atoms with Crippen LogP contribution in [0.25, 0.3) is 0 Å². The monoisotopic (exact) mass is 236 g/mol. The Kier molecular flexibility index (Phi) is 5.53. The lowest BCUT2D eigenvalue weighted by Gasteiger charge is -2.10. The van der Waals surface area contributed by atoms with Gasteiger partial charge in [0.25, 0.3) is 0 Å². The normalized spacial score (nSPS) is 12.1. The van der Waals surface area contributed by atoms with Gasteiger partial charge in [-0.3, -0.25) is 4.79 Å². The van der Waals surface area contributed by atoms with E-state index in [9.17, 15) is 4.79 Å². The lowest BCUT2D eigenvalue weighted by atomic mass is 9.99. The number of benzene rings is 1. The Morgan fingerprint density at radius 3 is 2.53 bits per heavy atom. The van der Waals surface area contributed by atoms with Crippen LogP contribution in [0.5, 0.6) is 5.75 Å². The molecule has 3 nitrogen and oxygen atoms in total. The molecule has 0 saturated heterocycles. The van der Waals surface area contributed by atoms with E-state index in [1.54, 1.807) is 0 Å². The second kappa shape index (κ2) is 6.94. The number of aliphatic carboxylic acids is 1. The van der Waals surface area contributed by atoms with Gasteiger partial charge in [0.1, 0.15) is 5.75 Å². The van der Waals surface area contributed by atoms with Crippen molar-refractivity contribution in [3.63, 3.8) is 0 Å². The average molecular weight is 236 g/mol. The molecule has 1 unspecified atom stereocenters. The second-order valence-corrected chi connectivity index (χ2v) is 4.22. The van der Waals surface area contributed by atoms with Gasteiger partial charge in [-0.1, -0.05) is 26.0 Å². The average Bonchev–Trinajstić information content (AvgIpc) is 2.34. The first-order chi connectivity index (χ1) is 8.13. The van der Waals surface area contributed by atoms with Gasteiger partial charge >= 0.3 is 5.97 Å². The Labute approximate surface area is 102 Å². The van der Waals surface area contributed by atoms with E-state index in [0.29, 0.717) is 18.9 Å². The van der Waals surface area contributed by atoms with E-state index in [1.807, 2.05) is 12.1 Å². The Bertz CT molecular complexity index is 343. The molecule has 0 spiro atoms. The third-order valence-corrected chi connectivity index (χ3v) is 2.87. The fraction of sp³-hybridized carbons (Fsp3) is 0.500. The minimum absolute atomic E-state index is 0.158. The van der Waals surface area contributed by atoms with E-state index >= 15 is 0 Å². The van der Waals surface area contributed by atoms with Crippen LogP contribution >= 0.6 is 0 Å². The molecular weight excluding hydrogens is 216 g/mol. The Morgan fingerprint density at radius 1 is 1.35 bits per heavy atom. The third kappa shape index (κ3) is 4.89. The van der Waals surface area contributed by atoms with E-state index in [-0.39, 0.29) is 6.42 Å². The van der Waals surface area contributed by atoms with Crippen LogP contribution in [0.1, 0.15) is 44.6 Å². The minimum atomic E-state index is -0.777. The molecule has 0 aliphatic carbocycles. The van der Waals surface area contributed by atoms with Crippen LogP contribution in [0.4, 0.5) is 0 Å². The van der Waals surface area contributed by atoms with Crippen LogP contribution in [-0.2, 0) is 4.79 Å². The molecule has 3 heteroatoms. The summed E-state index contributed by atoms with van der Waals surface area (Å²) in [4.78, 5) is 10.3. The zero-order chi connectivity index (χ0) is 12.7. The van der Waals surface area contributed by atoms with Crippen molar-refractivity contribution in [1.29, 1.82) is 0 Å². The Hall–Kier alpha value is -1.51. The van der Waals surface area contributed by atoms with Crippen molar-refractivity contribution in [3.8, 4) is 5.75 Å². The Balaban J connectivity index is 2.38. The van der Waals surface area contributed by atoms with Gasteiger partial charge in [0.2, 0.25) is 0 Å². The highest BCUT2D eigenvalue weighted by molar-refractivity contribution is 5.66. The first-order valence-corrected chi connectivity index (χ1v) is 6.08. The van der Waals surface area contributed by atoms with Crippen LogP contribution in [0.3, 0.4) is 0 Å². The van der Waals surface area contributed by atoms with Gasteiger partial charge in [0.15, 0.2) is 0 Å². The van der Waals surface area contributed by atoms with Crippen LogP contribution in [0.2, 0.25) is 0 Å². The molecule has 94 valence electrons. The molecule has 0 aromatic heterocycles. The molecule has 0 saturated carbocycles. The van der Waals surface area contributed by atoms with E-state index in [0.717, 1.165) is 12.2 Å². The van der Waals surface area contributed by atoms with Crippen molar-refractivity contribution < 1.29 is 14.6 Å². The number of carbonyl (C=O) groups is 1. The molecule has 0 fully saturated rings. The lowest BCUT2D eigenvalue weighted by Crippen LogP contribution is -2.02. The maximum absolute atomic E-state index is 10.3. The number of rotatable bonds is 7. The summed E-state index contributed by atoms with van der Waals surface area (Å²) in [5.74, 6) is 0.597. The summed E-state index contributed by atoms with van der Waals surface area (Å²) in [5, 5.41) is 8.48. The summed E-state index contributed by atoms with van der Waals surface area (Å²) in [6, 6.07) is 8.03. The van der Waals surface area contributed by atoms with Gasteiger partial charge in [-0.25, -0.2) is 0 Å². The fourth-order valence-corrected chi connectivity index (χ4v) is 1.54. The predicted molar refractivity (Wildman–Crippen MR) is 67.5 cm³/mol. The molecule has 1 N–H and O–H groups in total. The van der Waals surface area contributed by atoms with Gasteiger partial charge in [-0.15, -0.1) is 0 Å². The van der Waals surface area contributed by atoms with Gasteiger partial charge in [0.05, 0.1) is 6.61 Å². The smallest absolute Gasteiger partial charge is 0.303 e. The highest BCUT2D eigenvalue weighted by atomic mass is 16.5. The molecule has 0 bridgehead atoms. The lowest BCUT2D eigenvalue weighted by molar-refractivity contribution is -0.137. The predicted octanol–water partition coefficient (Wildman–Crippen LogP) is 3.44. The summed E-state index contributed by atoms with van der Waals surface area (Å²) >= 11 is 0. The maximum atomic E-state index is 10.3. The van der Waals surface area contributed by atoms with E-state index in [4.69, 9.17) is 9.84 Å². The molecule has 1 aromatic rings. The van der Waals surface area contributed by atoms with Crippen molar-refractivity contribution in [3.05, 3.63) is 29.8 Å². The minimum Gasteiger partial charge on any atom is -0.494 e. The first kappa shape index (κ1) is 13.6. The summed E-state index contributed by atoms with van der Waals surface area (Å²) in [6.07, 6.45) is 1.83. The zero-order valence-electron chi connectivity index (χ0n) is 10.5. The van der Waals surface area contributed by atoms with Gasteiger partial charge in [-0.2, -0.15) is 0 Å². The molecule has 1 rings (SSSR count).